The van der Waals surface area contributed by atoms with Crippen LogP contribution in [0.3, 0.4) is 0 Å². The zero-order valence-corrected chi connectivity index (χ0v) is 19.7. The standard InChI is InChI=1S/C24H34O4P2/c1-2-3-18-27-30(26,22-24-16-10-7-11-17-24)28-19-12-4-5-13-20-29(25)21-23-14-8-6-9-15-23/h6-11,14-17,20H,2-5,12-13,18-19,21-22H2,1H3. The van der Waals surface area contributed by atoms with Gasteiger partial charge in [-0.1, -0.05) is 80.4 Å². The van der Waals surface area contributed by atoms with Crippen LogP contribution in [0.1, 0.15) is 56.6 Å². The monoisotopic (exact) mass is 448 g/mol. The highest BCUT2D eigenvalue weighted by atomic mass is 31.2. The predicted octanol–water partition coefficient (Wildman–Crippen LogP) is 6.53. The van der Waals surface area contributed by atoms with E-state index < -0.39 is 15.4 Å². The van der Waals surface area contributed by atoms with E-state index in [1.807, 2.05) is 66.5 Å². The molecule has 0 fully saturated rings. The van der Waals surface area contributed by atoms with Crippen molar-refractivity contribution in [1.29, 1.82) is 0 Å². The first-order valence-electron chi connectivity index (χ1n) is 10.8. The zero-order valence-electron chi connectivity index (χ0n) is 17.9. The van der Waals surface area contributed by atoms with Crippen molar-refractivity contribution in [3.63, 3.8) is 0 Å². The molecule has 2 unspecified atom stereocenters. The van der Waals surface area contributed by atoms with E-state index in [9.17, 15) is 9.46 Å². The maximum atomic E-state index is 13.1. The average molecular weight is 448 g/mol. The van der Waals surface area contributed by atoms with E-state index in [2.05, 4.69) is 6.92 Å². The lowest BCUT2D eigenvalue weighted by molar-refractivity contribution is -0.153. The molecule has 0 heterocycles. The largest absolute Gasteiger partial charge is 0.630 e. The second-order valence-electron chi connectivity index (χ2n) is 7.37. The first-order valence-corrected chi connectivity index (χ1v) is 14.1. The number of hydrogen-bond acceptors (Lipinski definition) is 4. The van der Waals surface area contributed by atoms with Crippen molar-refractivity contribution in [3.8, 4) is 0 Å². The van der Waals surface area contributed by atoms with Crippen LogP contribution in [0.2, 0.25) is 0 Å². The average Bonchev–Trinajstić information content (AvgIpc) is 2.75. The Kier molecular flexibility index (Phi) is 12.2. The van der Waals surface area contributed by atoms with Crippen molar-refractivity contribution in [1.82, 2.24) is 0 Å². The van der Waals surface area contributed by atoms with Gasteiger partial charge in [0, 0.05) is 6.42 Å². The molecule has 2 rings (SSSR count). The van der Waals surface area contributed by atoms with Crippen molar-refractivity contribution < 1.29 is 18.5 Å². The number of hydrogen-bond donors (Lipinski definition) is 0. The molecule has 30 heavy (non-hydrogen) atoms. The van der Waals surface area contributed by atoms with Crippen molar-refractivity contribution >= 4 is 21.2 Å². The van der Waals surface area contributed by atoms with Crippen LogP contribution in [0, 0.1) is 0 Å². The summed E-state index contributed by atoms with van der Waals surface area (Å²) in [6, 6.07) is 19.6. The summed E-state index contributed by atoms with van der Waals surface area (Å²) >= 11 is 0. The summed E-state index contributed by atoms with van der Waals surface area (Å²) in [5.41, 5.74) is 2.08. The number of unbranched alkanes of at least 4 members (excludes halogenated alkanes) is 4. The Morgan fingerprint density at radius 2 is 1.47 bits per heavy atom. The molecule has 0 amide bonds. The Balaban J connectivity index is 1.68. The highest BCUT2D eigenvalue weighted by molar-refractivity contribution is 7.53. The van der Waals surface area contributed by atoms with Crippen molar-refractivity contribution in [2.75, 3.05) is 13.2 Å². The van der Waals surface area contributed by atoms with E-state index in [1.54, 1.807) is 0 Å². The van der Waals surface area contributed by atoms with Gasteiger partial charge in [-0.25, -0.2) is 0 Å². The minimum absolute atomic E-state index is 0.311. The maximum absolute atomic E-state index is 13.1. The summed E-state index contributed by atoms with van der Waals surface area (Å²) in [5, 5.41) is 0. The molecule has 4 nitrogen and oxygen atoms in total. The van der Waals surface area contributed by atoms with Gasteiger partial charge in [0.05, 0.1) is 32.9 Å². The molecule has 164 valence electrons. The summed E-state index contributed by atoms with van der Waals surface area (Å²) in [6.45, 7) is 2.97. The van der Waals surface area contributed by atoms with Gasteiger partial charge in [0.2, 0.25) is 0 Å². The van der Waals surface area contributed by atoms with Crippen LogP contribution < -0.4 is 4.89 Å². The Labute approximate surface area is 182 Å². The van der Waals surface area contributed by atoms with E-state index in [4.69, 9.17) is 9.05 Å². The zero-order chi connectivity index (χ0) is 21.5. The molecule has 0 radical (unpaired) electrons. The molecule has 0 aromatic heterocycles. The van der Waals surface area contributed by atoms with Gasteiger partial charge in [-0.05, 0) is 30.4 Å². The first kappa shape index (κ1) is 25.0. The molecule has 0 spiro atoms. The third-order valence-corrected chi connectivity index (χ3v) is 7.90. The highest BCUT2D eigenvalue weighted by Crippen LogP contribution is 2.51. The molecule has 0 saturated carbocycles. The molecule has 2 aromatic carbocycles. The Morgan fingerprint density at radius 1 is 0.867 bits per heavy atom. The van der Waals surface area contributed by atoms with Crippen LogP contribution in [0.5, 0.6) is 0 Å². The van der Waals surface area contributed by atoms with Crippen LogP contribution in [0.25, 0.3) is 0 Å². The lowest BCUT2D eigenvalue weighted by atomic mass is 10.2. The van der Waals surface area contributed by atoms with Crippen LogP contribution in [-0.4, -0.2) is 19.0 Å². The molecule has 6 heteroatoms. The third kappa shape index (κ3) is 10.7. The number of rotatable bonds is 15. The highest BCUT2D eigenvalue weighted by Gasteiger charge is 2.24. The van der Waals surface area contributed by atoms with E-state index in [0.717, 1.165) is 49.7 Å². The molecular weight excluding hydrogens is 414 g/mol. The molecule has 0 aliphatic rings. The summed E-state index contributed by atoms with van der Waals surface area (Å²) in [5.74, 6) is 1.93. The second kappa shape index (κ2) is 14.7. The van der Waals surface area contributed by atoms with Crippen molar-refractivity contribution in [3.05, 3.63) is 71.8 Å². The Bertz CT molecular complexity index is 778. The van der Waals surface area contributed by atoms with Gasteiger partial charge in [-0.2, -0.15) is 0 Å². The van der Waals surface area contributed by atoms with E-state index in [1.165, 1.54) is 0 Å². The normalized spacial score (nSPS) is 13.9. The second-order valence-corrected chi connectivity index (χ2v) is 10.9. The molecule has 0 saturated heterocycles. The van der Waals surface area contributed by atoms with E-state index in [-0.39, 0.29) is 0 Å². The van der Waals surface area contributed by atoms with Crippen LogP contribution in [0.15, 0.2) is 60.7 Å². The summed E-state index contributed by atoms with van der Waals surface area (Å²) < 4.78 is 24.6. The smallest absolute Gasteiger partial charge is 0.335 e. The molecule has 0 aliphatic heterocycles. The Hall–Kier alpha value is -1.28. The van der Waals surface area contributed by atoms with Gasteiger partial charge in [-0.15, -0.1) is 0 Å². The Morgan fingerprint density at radius 3 is 2.10 bits per heavy atom. The molecular formula is C24H34O4P2. The van der Waals surface area contributed by atoms with E-state index in [0.29, 0.717) is 25.5 Å². The molecule has 2 atom stereocenters. The van der Waals surface area contributed by atoms with Crippen LogP contribution in [-0.2, 0) is 25.9 Å². The van der Waals surface area contributed by atoms with Gasteiger partial charge >= 0.3 is 7.60 Å². The lowest BCUT2D eigenvalue weighted by Crippen LogP contribution is -2.02. The topological polar surface area (TPSA) is 58.6 Å². The van der Waals surface area contributed by atoms with Crippen molar-refractivity contribution in [2.45, 2.75) is 57.8 Å². The fraction of sp³-hybridized carbons (Fsp3) is 0.458. The summed E-state index contributed by atoms with van der Waals surface area (Å²) in [6.07, 6.45) is 6.34. The minimum atomic E-state index is -3.14. The van der Waals surface area contributed by atoms with E-state index >= 15 is 0 Å². The lowest BCUT2D eigenvalue weighted by Gasteiger charge is -2.18. The van der Waals surface area contributed by atoms with Gasteiger partial charge in [0.15, 0.2) is 0 Å². The van der Waals surface area contributed by atoms with Crippen molar-refractivity contribution in [2.24, 2.45) is 0 Å². The predicted molar refractivity (Wildman–Crippen MR) is 126 cm³/mol. The summed E-state index contributed by atoms with van der Waals surface area (Å²) in [4.78, 5) is 12.1. The maximum Gasteiger partial charge on any atom is 0.335 e. The fourth-order valence-electron chi connectivity index (χ4n) is 2.97. The van der Waals surface area contributed by atoms with Gasteiger partial charge in [0.25, 0.3) is 0 Å². The molecule has 0 N–H and O–H groups in total. The van der Waals surface area contributed by atoms with Gasteiger partial charge in [-0.3, -0.25) is 4.57 Å². The number of benzene rings is 2. The molecule has 2 aromatic rings. The quantitative estimate of drug-likeness (QED) is 0.229. The van der Waals surface area contributed by atoms with Crippen LogP contribution >= 0.6 is 15.4 Å². The summed E-state index contributed by atoms with van der Waals surface area (Å²) in [7, 11) is -4.44. The first-order chi connectivity index (χ1) is 14.6. The fourth-order valence-corrected chi connectivity index (χ4v) is 5.87. The van der Waals surface area contributed by atoms with Gasteiger partial charge < -0.3 is 13.9 Å². The SMILES string of the molecule is CCCCOP(=O)(Cc1ccccc1)OCCCCCC=[P+]([O-])Cc1ccccc1. The molecule has 0 bridgehead atoms. The van der Waals surface area contributed by atoms with Gasteiger partial charge in [0.1, 0.15) is 6.16 Å². The molecule has 0 aliphatic carbocycles. The van der Waals surface area contributed by atoms with Crippen LogP contribution in [0.4, 0.5) is 0 Å². The third-order valence-electron chi connectivity index (χ3n) is 4.66. The minimum Gasteiger partial charge on any atom is -0.630 e.